The van der Waals surface area contributed by atoms with Crippen molar-refractivity contribution in [2.45, 2.75) is 5.25 Å². The summed E-state index contributed by atoms with van der Waals surface area (Å²) in [7, 11) is -4.94. The van der Waals surface area contributed by atoms with Crippen molar-refractivity contribution in [3.63, 3.8) is 0 Å². The minimum absolute atomic E-state index is 0.488. The van der Waals surface area contributed by atoms with Gasteiger partial charge in [-0.25, -0.2) is 4.79 Å². The van der Waals surface area contributed by atoms with Crippen LogP contribution in [0.1, 0.15) is 21.2 Å². The Hall–Kier alpha value is -1.93. The monoisotopic (exact) mass is 260 g/mol. The van der Waals surface area contributed by atoms with Crippen molar-refractivity contribution in [3.05, 3.63) is 35.4 Å². The Bertz CT molecular complexity index is 560. The first-order valence-electron chi connectivity index (χ1n) is 4.26. The van der Waals surface area contributed by atoms with E-state index in [-0.39, 0.29) is 0 Å². The predicted octanol–water partition coefficient (Wildman–Crippen LogP) is 0.398. The summed E-state index contributed by atoms with van der Waals surface area (Å²) in [5.74, 6) is -3.32. The molecule has 0 spiro atoms. The molecule has 0 radical (unpaired) electrons. The topological polar surface area (TPSA) is 129 Å². The lowest BCUT2D eigenvalue weighted by atomic mass is 10.0. The summed E-state index contributed by atoms with van der Waals surface area (Å²) < 4.78 is 30.7. The highest BCUT2D eigenvalue weighted by Gasteiger charge is 2.35. The fraction of sp³-hybridized carbons (Fsp3) is 0.111. The van der Waals surface area contributed by atoms with Crippen molar-refractivity contribution >= 4 is 22.1 Å². The van der Waals surface area contributed by atoms with Crippen LogP contribution in [-0.2, 0) is 14.9 Å². The zero-order chi connectivity index (χ0) is 13.2. The first-order valence-corrected chi connectivity index (χ1v) is 5.76. The Morgan fingerprint density at radius 2 is 1.65 bits per heavy atom. The van der Waals surface area contributed by atoms with Gasteiger partial charge in [-0.3, -0.25) is 9.35 Å². The molecular weight excluding hydrogens is 252 g/mol. The number of carboxylic acids is 2. The highest BCUT2D eigenvalue weighted by Crippen LogP contribution is 2.25. The van der Waals surface area contributed by atoms with Crippen LogP contribution in [0.4, 0.5) is 0 Å². The molecule has 0 aromatic heterocycles. The minimum Gasteiger partial charge on any atom is -0.480 e. The molecule has 0 saturated heterocycles. The molecule has 0 heterocycles. The van der Waals surface area contributed by atoms with Gasteiger partial charge >= 0.3 is 11.9 Å². The van der Waals surface area contributed by atoms with Crippen LogP contribution in [0.15, 0.2) is 24.3 Å². The number of carboxylic acid groups (broad SMARTS) is 2. The van der Waals surface area contributed by atoms with Gasteiger partial charge in [0.05, 0.1) is 5.56 Å². The van der Waals surface area contributed by atoms with Crippen LogP contribution in [0.2, 0.25) is 0 Å². The first-order chi connectivity index (χ1) is 7.75. The van der Waals surface area contributed by atoms with Crippen LogP contribution in [0.3, 0.4) is 0 Å². The summed E-state index contributed by atoms with van der Waals surface area (Å²) >= 11 is 0. The zero-order valence-corrected chi connectivity index (χ0v) is 9.09. The van der Waals surface area contributed by atoms with Crippen molar-refractivity contribution in [1.82, 2.24) is 0 Å². The predicted molar refractivity (Wildman–Crippen MR) is 55.3 cm³/mol. The Morgan fingerprint density at radius 1 is 1.12 bits per heavy atom. The molecular formula is C9H8O7S. The van der Waals surface area contributed by atoms with E-state index in [0.717, 1.165) is 12.1 Å². The molecule has 0 fully saturated rings. The minimum atomic E-state index is -4.94. The Labute approximate surface area is 96.1 Å². The molecule has 92 valence electrons. The van der Waals surface area contributed by atoms with Gasteiger partial charge < -0.3 is 10.2 Å². The van der Waals surface area contributed by atoms with Crippen LogP contribution < -0.4 is 0 Å². The molecule has 7 nitrogen and oxygen atoms in total. The van der Waals surface area contributed by atoms with Crippen LogP contribution in [0.5, 0.6) is 0 Å². The van der Waals surface area contributed by atoms with Gasteiger partial charge in [0.2, 0.25) is 5.25 Å². The smallest absolute Gasteiger partial charge is 0.336 e. The number of benzene rings is 1. The third-order valence-electron chi connectivity index (χ3n) is 2.00. The number of hydrogen-bond acceptors (Lipinski definition) is 4. The van der Waals surface area contributed by atoms with Gasteiger partial charge in [-0.15, -0.1) is 0 Å². The summed E-state index contributed by atoms with van der Waals surface area (Å²) in [6.07, 6.45) is 0. The lowest BCUT2D eigenvalue weighted by Crippen LogP contribution is -2.23. The molecule has 0 saturated carbocycles. The maximum atomic E-state index is 10.9. The molecule has 1 atom stereocenters. The average Bonchev–Trinajstić information content (AvgIpc) is 2.15. The van der Waals surface area contributed by atoms with E-state index in [0.29, 0.717) is 0 Å². The van der Waals surface area contributed by atoms with Gasteiger partial charge in [0.25, 0.3) is 10.1 Å². The Kier molecular flexibility index (Phi) is 3.49. The molecule has 3 N–H and O–H groups in total. The maximum Gasteiger partial charge on any atom is 0.336 e. The van der Waals surface area contributed by atoms with Gasteiger partial charge in [0, 0.05) is 0 Å². The normalized spacial score (nSPS) is 13.0. The van der Waals surface area contributed by atoms with Crippen molar-refractivity contribution in [3.8, 4) is 0 Å². The fourth-order valence-corrected chi connectivity index (χ4v) is 2.12. The molecule has 17 heavy (non-hydrogen) atoms. The summed E-state index contributed by atoms with van der Waals surface area (Å²) in [6, 6.07) is 4.67. The van der Waals surface area contributed by atoms with E-state index in [2.05, 4.69) is 0 Å². The molecule has 0 aliphatic carbocycles. The van der Waals surface area contributed by atoms with E-state index in [4.69, 9.17) is 14.8 Å². The van der Waals surface area contributed by atoms with Gasteiger partial charge in [0.15, 0.2) is 0 Å². The SMILES string of the molecule is O=C(O)c1ccccc1C(C(=O)O)S(=O)(=O)O. The molecule has 0 aliphatic heterocycles. The average molecular weight is 260 g/mol. The lowest BCUT2D eigenvalue weighted by Gasteiger charge is -2.11. The van der Waals surface area contributed by atoms with Crippen molar-refractivity contribution in [2.75, 3.05) is 0 Å². The first kappa shape index (κ1) is 13.1. The van der Waals surface area contributed by atoms with Crippen LogP contribution in [0, 0.1) is 0 Å². The summed E-state index contributed by atoms with van der Waals surface area (Å²) in [5.41, 5.74) is -0.979. The van der Waals surface area contributed by atoms with E-state index < -0.39 is 38.4 Å². The second-order valence-corrected chi connectivity index (χ2v) is 4.63. The highest BCUT2D eigenvalue weighted by molar-refractivity contribution is 7.86. The number of aromatic carboxylic acids is 1. The van der Waals surface area contributed by atoms with Crippen molar-refractivity contribution in [2.24, 2.45) is 0 Å². The molecule has 0 amide bonds. The summed E-state index contributed by atoms with van der Waals surface area (Å²) in [5, 5.41) is 15.2. The van der Waals surface area contributed by atoms with Crippen LogP contribution in [-0.4, -0.2) is 35.1 Å². The fourth-order valence-electron chi connectivity index (χ4n) is 1.34. The molecule has 1 rings (SSSR count). The largest absolute Gasteiger partial charge is 0.480 e. The third kappa shape index (κ3) is 2.80. The van der Waals surface area contributed by atoms with Crippen LogP contribution >= 0.6 is 0 Å². The third-order valence-corrected chi connectivity index (χ3v) is 3.05. The summed E-state index contributed by atoms with van der Waals surface area (Å²) in [4.78, 5) is 21.6. The molecule has 0 aliphatic rings. The number of hydrogen-bond donors (Lipinski definition) is 3. The van der Waals surface area contributed by atoms with E-state index in [9.17, 15) is 18.0 Å². The number of aliphatic carboxylic acids is 1. The standard InChI is InChI=1S/C9H8O7S/c10-8(11)6-4-2-1-3-5(6)7(9(12)13)17(14,15)16/h1-4,7H,(H,10,11)(H,12,13)(H,14,15,16). The van der Waals surface area contributed by atoms with Gasteiger partial charge in [0.1, 0.15) is 0 Å². The van der Waals surface area contributed by atoms with Gasteiger partial charge in [-0.05, 0) is 11.6 Å². The molecule has 1 aromatic carbocycles. The zero-order valence-electron chi connectivity index (χ0n) is 8.27. The van der Waals surface area contributed by atoms with Crippen molar-refractivity contribution < 1.29 is 32.8 Å². The summed E-state index contributed by atoms with van der Waals surface area (Å²) in [6.45, 7) is 0. The van der Waals surface area contributed by atoms with Crippen LogP contribution in [0.25, 0.3) is 0 Å². The highest BCUT2D eigenvalue weighted by atomic mass is 32.2. The number of rotatable bonds is 4. The van der Waals surface area contributed by atoms with E-state index in [1.807, 2.05) is 0 Å². The lowest BCUT2D eigenvalue weighted by molar-refractivity contribution is -0.136. The maximum absolute atomic E-state index is 10.9. The Morgan fingerprint density at radius 3 is 2.06 bits per heavy atom. The number of carbonyl (C=O) groups is 2. The van der Waals surface area contributed by atoms with Crippen molar-refractivity contribution in [1.29, 1.82) is 0 Å². The second-order valence-electron chi connectivity index (χ2n) is 3.13. The van der Waals surface area contributed by atoms with E-state index in [1.54, 1.807) is 0 Å². The Balaban J connectivity index is 3.50. The van der Waals surface area contributed by atoms with E-state index >= 15 is 0 Å². The molecule has 1 aromatic rings. The quantitative estimate of drug-likeness (QED) is 0.668. The molecule has 1 unspecified atom stereocenters. The van der Waals surface area contributed by atoms with Gasteiger partial charge in [-0.2, -0.15) is 8.42 Å². The molecule has 8 heteroatoms. The second kappa shape index (κ2) is 4.52. The molecule has 0 bridgehead atoms. The van der Waals surface area contributed by atoms with Gasteiger partial charge in [-0.1, -0.05) is 18.2 Å². The van der Waals surface area contributed by atoms with E-state index in [1.165, 1.54) is 12.1 Å².